The van der Waals surface area contributed by atoms with Crippen molar-refractivity contribution in [3.8, 4) is 0 Å². The molecule has 0 saturated heterocycles. The molecule has 4 heteroatoms. The van der Waals surface area contributed by atoms with E-state index in [-0.39, 0.29) is 6.04 Å². The van der Waals surface area contributed by atoms with E-state index in [1.165, 1.54) is 0 Å². The molecule has 0 amide bonds. The first-order valence-electron chi connectivity index (χ1n) is 7.08. The minimum atomic E-state index is 0.204. The lowest BCUT2D eigenvalue weighted by Gasteiger charge is -2.22. The lowest BCUT2D eigenvalue weighted by Crippen LogP contribution is -2.32. The zero-order valence-electron chi connectivity index (χ0n) is 12.6. The van der Waals surface area contributed by atoms with Crippen molar-refractivity contribution < 1.29 is 9.15 Å². The van der Waals surface area contributed by atoms with E-state index in [0.29, 0.717) is 0 Å². The quantitative estimate of drug-likeness (QED) is 0.752. The number of rotatable bonds is 8. The third kappa shape index (κ3) is 3.82. The highest BCUT2D eigenvalue weighted by Crippen LogP contribution is 2.24. The highest BCUT2D eigenvalue weighted by molar-refractivity contribution is 5.77. The van der Waals surface area contributed by atoms with E-state index < -0.39 is 0 Å². The van der Waals surface area contributed by atoms with E-state index in [1.807, 2.05) is 25.2 Å². The van der Waals surface area contributed by atoms with Crippen molar-refractivity contribution in [3.63, 3.8) is 0 Å². The fourth-order valence-electron chi connectivity index (χ4n) is 2.38. The molecule has 0 aliphatic rings. The van der Waals surface area contributed by atoms with Crippen molar-refractivity contribution in [1.82, 2.24) is 10.2 Å². The standard InChI is InChI=1S/C16H24N2O2/c1-17-14(12-18(2)9-6-10-19-3)16-11-13-7-4-5-8-15(13)20-16/h4-5,7-8,11,14,17H,6,9-10,12H2,1-3H3. The summed E-state index contributed by atoms with van der Waals surface area (Å²) in [6, 6.07) is 10.5. The van der Waals surface area contributed by atoms with Crippen molar-refractivity contribution in [2.75, 3.05) is 40.9 Å². The van der Waals surface area contributed by atoms with Crippen LogP contribution in [0.25, 0.3) is 11.0 Å². The zero-order chi connectivity index (χ0) is 14.4. The maximum atomic E-state index is 5.93. The van der Waals surface area contributed by atoms with Crippen molar-refractivity contribution in [3.05, 3.63) is 36.1 Å². The Morgan fingerprint density at radius 1 is 1.35 bits per heavy atom. The van der Waals surface area contributed by atoms with Gasteiger partial charge in [0.25, 0.3) is 0 Å². The summed E-state index contributed by atoms with van der Waals surface area (Å²) in [5.41, 5.74) is 0.949. The first kappa shape index (κ1) is 15.0. The molecule has 0 bridgehead atoms. The van der Waals surface area contributed by atoms with Gasteiger partial charge in [-0.25, -0.2) is 0 Å². The smallest absolute Gasteiger partial charge is 0.134 e. The Labute approximate surface area is 120 Å². The van der Waals surface area contributed by atoms with Gasteiger partial charge in [0.1, 0.15) is 11.3 Å². The number of nitrogens with one attached hydrogen (secondary N) is 1. The summed E-state index contributed by atoms with van der Waals surface area (Å²) in [4.78, 5) is 2.30. The van der Waals surface area contributed by atoms with Crippen LogP contribution in [0.15, 0.2) is 34.7 Å². The Morgan fingerprint density at radius 3 is 2.85 bits per heavy atom. The van der Waals surface area contributed by atoms with Crippen LogP contribution in [0.3, 0.4) is 0 Å². The Kier molecular flexibility index (Phi) is 5.59. The van der Waals surface area contributed by atoms with Crippen molar-refractivity contribution in [2.24, 2.45) is 0 Å². The number of likely N-dealkylation sites (N-methyl/N-ethyl adjacent to an activating group) is 2. The lowest BCUT2D eigenvalue weighted by atomic mass is 10.2. The van der Waals surface area contributed by atoms with Gasteiger partial charge in [0.05, 0.1) is 6.04 Å². The second-order valence-corrected chi connectivity index (χ2v) is 5.14. The average Bonchev–Trinajstić information content (AvgIpc) is 2.88. The summed E-state index contributed by atoms with van der Waals surface area (Å²) in [6.45, 7) is 2.74. The first-order chi connectivity index (χ1) is 9.74. The Bertz CT molecular complexity index is 491. The predicted octanol–water partition coefficient (Wildman–Crippen LogP) is 2.66. The number of furan rings is 1. The van der Waals surface area contributed by atoms with E-state index in [0.717, 1.165) is 42.8 Å². The van der Waals surface area contributed by atoms with Crippen LogP contribution in [0, 0.1) is 0 Å². The van der Waals surface area contributed by atoms with Crippen LogP contribution < -0.4 is 5.32 Å². The monoisotopic (exact) mass is 276 g/mol. The minimum Gasteiger partial charge on any atom is -0.459 e. The van der Waals surface area contributed by atoms with Crippen LogP contribution in [0.5, 0.6) is 0 Å². The number of nitrogens with zero attached hydrogens (tertiary/aromatic N) is 1. The summed E-state index contributed by atoms with van der Waals surface area (Å²) in [5, 5.41) is 4.49. The van der Waals surface area contributed by atoms with E-state index in [2.05, 4.69) is 29.4 Å². The number of ether oxygens (including phenoxy) is 1. The molecule has 0 fully saturated rings. The third-order valence-electron chi connectivity index (χ3n) is 3.52. The summed E-state index contributed by atoms with van der Waals surface area (Å²) in [5.74, 6) is 0.993. The van der Waals surface area contributed by atoms with Crippen LogP contribution in [0.1, 0.15) is 18.2 Å². The molecule has 1 heterocycles. The van der Waals surface area contributed by atoms with Gasteiger partial charge >= 0.3 is 0 Å². The van der Waals surface area contributed by atoms with E-state index in [1.54, 1.807) is 7.11 Å². The molecule has 0 aliphatic carbocycles. The largest absolute Gasteiger partial charge is 0.459 e. The Hall–Kier alpha value is -1.36. The fourth-order valence-corrected chi connectivity index (χ4v) is 2.38. The lowest BCUT2D eigenvalue weighted by molar-refractivity contribution is 0.175. The normalized spacial score (nSPS) is 13.2. The highest BCUT2D eigenvalue weighted by atomic mass is 16.5. The molecule has 4 nitrogen and oxygen atoms in total. The molecule has 20 heavy (non-hydrogen) atoms. The highest BCUT2D eigenvalue weighted by Gasteiger charge is 2.16. The van der Waals surface area contributed by atoms with Gasteiger partial charge in [-0.05, 0) is 32.6 Å². The summed E-state index contributed by atoms with van der Waals surface area (Å²) < 4.78 is 11.0. The Morgan fingerprint density at radius 2 is 2.15 bits per heavy atom. The topological polar surface area (TPSA) is 37.6 Å². The summed E-state index contributed by atoms with van der Waals surface area (Å²) >= 11 is 0. The number of hydrogen-bond donors (Lipinski definition) is 1. The molecular formula is C16H24N2O2. The van der Waals surface area contributed by atoms with Gasteiger partial charge in [0, 0.05) is 32.2 Å². The third-order valence-corrected chi connectivity index (χ3v) is 3.52. The SMILES string of the molecule is CNC(CN(C)CCCOC)c1cc2ccccc2o1. The molecule has 2 rings (SSSR count). The van der Waals surface area contributed by atoms with Gasteiger partial charge in [-0.2, -0.15) is 0 Å². The predicted molar refractivity (Wildman–Crippen MR) is 82.0 cm³/mol. The van der Waals surface area contributed by atoms with Crippen molar-refractivity contribution in [2.45, 2.75) is 12.5 Å². The number of benzene rings is 1. The molecule has 1 aromatic heterocycles. The minimum absolute atomic E-state index is 0.204. The molecule has 1 aromatic carbocycles. The van der Waals surface area contributed by atoms with Gasteiger partial charge < -0.3 is 19.4 Å². The molecule has 0 saturated carbocycles. The molecular weight excluding hydrogens is 252 g/mol. The van der Waals surface area contributed by atoms with Crippen LogP contribution in [0.2, 0.25) is 0 Å². The molecule has 0 spiro atoms. The second kappa shape index (κ2) is 7.43. The second-order valence-electron chi connectivity index (χ2n) is 5.14. The number of methoxy groups -OCH3 is 1. The molecule has 0 radical (unpaired) electrons. The van der Waals surface area contributed by atoms with Gasteiger partial charge in [0.2, 0.25) is 0 Å². The fraction of sp³-hybridized carbons (Fsp3) is 0.500. The van der Waals surface area contributed by atoms with Gasteiger partial charge in [-0.1, -0.05) is 18.2 Å². The van der Waals surface area contributed by atoms with E-state index in [4.69, 9.17) is 9.15 Å². The van der Waals surface area contributed by atoms with Gasteiger partial charge in [-0.3, -0.25) is 0 Å². The molecule has 2 aromatic rings. The van der Waals surface area contributed by atoms with E-state index >= 15 is 0 Å². The van der Waals surface area contributed by atoms with Crippen LogP contribution in [-0.2, 0) is 4.74 Å². The van der Waals surface area contributed by atoms with Crippen LogP contribution in [0.4, 0.5) is 0 Å². The van der Waals surface area contributed by atoms with Gasteiger partial charge in [-0.15, -0.1) is 0 Å². The van der Waals surface area contributed by atoms with E-state index in [9.17, 15) is 0 Å². The average molecular weight is 276 g/mol. The zero-order valence-corrected chi connectivity index (χ0v) is 12.6. The summed E-state index contributed by atoms with van der Waals surface area (Å²) in [7, 11) is 5.84. The molecule has 110 valence electrons. The maximum absolute atomic E-state index is 5.93. The van der Waals surface area contributed by atoms with Crippen molar-refractivity contribution >= 4 is 11.0 Å². The van der Waals surface area contributed by atoms with Crippen LogP contribution >= 0.6 is 0 Å². The van der Waals surface area contributed by atoms with Gasteiger partial charge in [0.15, 0.2) is 0 Å². The maximum Gasteiger partial charge on any atom is 0.134 e. The number of fused-ring (bicyclic) bond motifs is 1. The first-order valence-corrected chi connectivity index (χ1v) is 7.08. The number of para-hydroxylation sites is 1. The molecule has 1 atom stereocenters. The summed E-state index contributed by atoms with van der Waals surface area (Å²) in [6.07, 6.45) is 1.05. The molecule has 1 N–H and O–H groups in total. The Balaban J connectivity index is 2.00. The number of hydrogen-bond acceptors (Lipinski definition) is 4. The van der Waals surface area contributed by atoms with Crippen molar-refractivity contribution in [1.29, 1.82) is 0 Å². The molecule has 0 aliphatic heterocycles. The van der Waals surface area contributed by atoms with Crippen LogP contribution in [-0.4, -0.2) is 45.8 Å². The molecule has 1 unspecified atom stereocenters.